The molecule has 0 radical (unpaired) electrons. The molecule has 0 aromatic heterocycles. The lowest BCUT2D eigenvalue weighted by Gasteiger charge is -2.18. The van der Waals surface area contributed by atoms with Gasteiger partial charge in [0.15, 0.2) is 0 Å². The summed E-state index contributed by atoms with van der Waals surface area (Å²) in [5.74, 6) is -1.27. The van der Waals surface area contributed by atoms with Gasteiger partial charge in [0.1, 0.15) is 6.04 Å². The Balaban J connectivity index is 4.18. The standard InChI is InChI=1S/C10H19NO3S/c1-6(2)9(10(13)14)11-8(12)5-7(3)15-4/h6-7,9H,5H2,1-4H3,(H,11,12)(H,13,14). The van der Waals surface area contributed by atoms with Gasteiger partial charge in [0.25, 0.3) is 0 Å². The first-order valence-corrected chi connectivity index (χ1v) is 6.22. The number of carbonyl (C=O) groups is 2. The highest BCUT2D eigenvalue weighted by atomic mass is 32.2. The number of amides is 1. The maximum atomic E-state index is 11.4. The zero-order valence-electron chi connectivity index (χ0n) is 9.61. The number of carbonyl (C=O) groups excluding carboxylic acids is 1. The minimum Gasteiger partial charge on any atom is -0.480 e. The molecule has 0 heterocycles. The fourth-order valence-electron chi connectivity index (χ4n) is 1.09. The van der Waals surface area contributed by atoms with Gasteiger partial charge in [-0.05, 0) is 12.2 Å². The van der Waals surface area contributed by atoms with Crippen LogP contribution >= 0.6 is 11.8 Å². The molecule has 2 N–H and O–H groups in total. The molecular weight excluding hydrogens is 214 g/mol. The van der Waals surface area contributed by atoms with Crippen LogP contribution in [0.5, 0.6) is 0 Å². The zero-order chi connectivity index (χ0) is 12.0. The second kappa shape index (κ2) is 6.71. The van der Waals surface area contributed by atoms with Crippen LogP contribution in [0, 0.1) is 5.92 Å². The van der Waals surface area contributed by atoms with Crippen LogP contribution < -0.4 is 5.32 Å². The van der Waals surface area contributed by atoms with Crippen molar-refractivity contribution in [3.05, 3.63) is 0 Å². The molecule has 0 aromatic rings. The van der Waals surface area contributed by atoms with Gasteiger partial charge in [-0.3, -0.25) is 4.79 Å². The molecule has 88 valence electrons. The van der Waals surface area contributed by atoms with E-state index in [0.29, 0.717) is 6.42 Å². The highest BCUT2D eigenvalue weighted by molar-refractivity contribution is 7.99. The molecule has 2 atom stereocenters. The fourth-order valence-corrected chi connectivity index (χ4v) is 1.41. The number of hydrogen-bond donors (Lipinski definition) is 2. The third kappa shape index (κ3) is 5.67. The van der Waals surface area contributed by atoms with Crippen LogP contribution in [0.15, 0.2) is 0 Å². The van der Waals surface area contributed by atoms with E-state index in [9.17, 15) is 9.59 Å². The van der Waals surface area contributed by atoms with Crippen molar-refractivity contribution in [1.82, 2.24) is 5.32 Å². The molecule has 1 amide bonds. The Labute approximate surface area is 94.8 Å². The van der Waals surface area contributed by atoms with Crippen LogP contribution in [0.3, 0.4) is 0 Å². The Kier molecular flexibility index (Phi) is 6.40. The molecule has 2 unspecified atom stereocenters. The number of carboxylic acids is 1. The van der Waals surface area contributed by atoms with Crippen LogP contribution in [0.2, 0.25) is 0 Å². The van der Waals surface area contributed by atoms with E-state index in [1.165, 1.54) is 0 Å². The van der Waals surface area contributed by atoms with E-state index in [1.54, 1.807) is 25.6 Å². The van der Waals surface area contributed by atoms with Crippen LogP contribution in [0.4, 0.5) is 0 Å². The van der Waals surface area contributed by atoms with Crippen molar-refractivity contribution >= 4 is 23.6 Å². The molecule has 0 spiro atoms. The highest BCUT2D eigenvalue weighted by Gasteiger charge is 2.23. The summed E-state index contributed by atoms with van der Waals surface area (Å²) in [6.45, 7) is 5.49. The van der Waals surface area contributed by atoms with Gasteiger partial charge >= 0.3 is 5.97 Å². The minimum atomic E-state index is -0.977. The summed E-state index contributed by atoms with van der Waals surface area (Å²) in [6.07, 6.45) is 2.28. The molecule has 0 aliphatic carbocycles. The summed E-state index contributed by atoms with van der Waals surface area (Å²) >= 11 is 1.59. The van der Waals surface area contributed by atoms with Crippen molar-refractivity contribution in [3.63, 3.8) is 0 Å². The number of thioether (sulfide) groups is 1. The average Bonchev–Trinajstić information content (AvgIpc) is 2.12. The second-order valence-corrected chi connectivity index (χ2v) is 5.15. The van der Waals surface area contributed by atoms with Gasteiger partial charge in [0.05, 0.1) is 0 Å². The first-order chi connectivity index (χ1) is 6.88. The Hall–Kier alpha value is -0.710. The molecule has 0 aromatic carbocycles. The topological polar surface area (TPSA) is 66.4 Å². The molecule has 0 fully saturated rings. The molecular formula is C10H19NO3S. The normalized spacial score (nSPS) is 14.7. The van der Waals surface area contributed by atoms with Crippen molar-refractivity contribution in [2.75, 3.05) is 6.26 Å². The first kappa shape index (κ1) is 14.3. The maximum absolute atomic E-state index is 11.4. The fraction of sp³-hybridized carbons (Fsp3) is 0.800. The zero-order valence-corrected chi connectivity index (χ0v) is 10.4. The van der Waals surface area contributed by atoms with E-state index < -0.39 is 12.0 Å². The lowest BCUT2D eigenvalue weighted by atomic mass is 10.0. The van der Waals surface area contributed by atoms with Gasteiger partial charge in [0.2, 0.25) is 5.91 Å². The van der Waals surface area contributed by atoms with Gasteiger partial charge in [-0.2, -0.15) is 11.8 Å². The van der Waals surface area contributed by atoms with E-state index in [1.807, 2.05) is 13.2 Å². The Morgan fingerprint density at radius 3 is 2.20 bits per heavy atom. The smallest absolute Gasteiger partial charge is 0.326 e. The van der Waals surface area contributed by atoms with E-state index in [-0.39, 0.29) is 17.1 Å². The number of nitrogens with one attached hydrogen (secondary N) is 1. The Bertz CT molecular complexity index is 231. The summed E-state index contributed by atoms with van der Waals surface area (Å²) in [6, 6.07) is -0.786. The maximum Gasteiger partial charge on any atom is 0.326 e. The lowest BCUT2D eigenvalue weighted by Crippen LogP contribution is -2.44. The van der Waals surface area contributed by atoms with Gasteiger partial charge in [-0.15, -0.1) is 0 Å². The number of hydrogen-bond acceptors (Lipinski definition) is 3. The predicted molar refractivity (Wildman–Crippen MR) is 62.0 cm³/mol. The third-order valence-corrected chi connectivity index (χ3v) is 3.10. The predicted octanol–water partition coefficient (Wildman–Crippen LogP) is 1.35. The van der Waals surface area contributed by atoms with Crippen LogP contribution in [0.1, 0.15) is 27.2 Å². The minimum absolute atomic E-state index is 0.101. The molecule has 15 heavy (non-hydrogen) atoms. The molecule has 0 rings (SSSR count). The average molecular weight is 233 g/mol. The monoisotopic (exact) mass is 233 g/mol. The summed E-state index contributed by atoms with van der Waals surface area (Å²) < 4.78 is 0. The van der Waals surface area contributed by atoms with Gasteiger partial charge in [-0.25, -0.2) is 4.79 Å². The van der Waals surface area contributed by atoms with Crippen LogP contribution in [-0.2, 0) is 9.59 Å². The highest BCUT2D eigenvalue weighted by Crippen LogP contribution is 2.10. The van der Waals surface area contributed by atoms with Gasteiger partial charge < -0.3 is 10.4 Å². The van der Waals surface area contributed by atoms with Crippen LogP contribution in [-0.4, -0.2) is 34.5 Å². The Morgan fingerprint density at radius 1 is 1.33 bits per heavy atom. The molecule has 0 aliphatic heterocycles. The van der Waals surface area contributed by atoms with E-state index in [0.717, 1.165) is 0 Å². The molecule has 5 heteroatoms. The van der Waals surface area contributed by atoms with Gasteiger partial charge in [0, 0.05) is 11.7 Å². The van der Waals surface area contributed by atoms with Crippen LogP contribution in [0.25, 0.3) is 0 Å². The first-order valence-electron chi connectivity index (χ1n) is 4.93. The third-order valence-electron chi connectivity index (χ3n) is 2.12. The van der Waals surface area contributed by atoms with Crippen molar-refractivity contribution < 1.29 is 14.7 Å². The Morgan fingerprint density at radius 2 is 1.87 bits per heavy atom. The SMILES string of the molecule is CSC(C)CC(=O)NC(C(=O)O)C(C)C. The molecule has 0 aliphatic rings. The van der Waals surface area contributed by atoms with E-state index >= 15 is 0 Å². The van der Waals surface area contributed by atoms with E-state index in [2.05, 4.69) is 5.32 Å². The molecule has 4 nitrogen and oxygen atoms in total. The quantitative estimate of drug-likeness (QED) is 0.727. The van der Waals surface area contributed by atoms with Crippen molar-refractivity contribution in [1.29, 1.82) is 0 Å². The second-order valence-electron chi connectivity index (χ2n) is 3.88. The summed E-state index contributed by atoms with van der Waals surface area (Å²) in [7, 11) is 0. The summed E-state index contributed by atoms with van der Waals surface area (Å²) in [4.78, 5) is 22.3. The van der Waals surface area contributed by atoms with Gasteiger partial charge in [-0.1, -0.05) is 20.8 Å². The number of rotatable bonds is 6. The summed E-state index contributed by atoms with van der Waals surface area (Å²) in [5, 5.41) is 11.6. The number of carboxylic acid groups (broad SMARTS) is 1. The summed E-state index contributed by atoms with van der Waals surface area (Å²) in [5.41, 5.74) is 0. The van der Waals surface area contributed by atoms with Crippen molar-refractivity contribution in [3.8, 4) is 0 Å². The van der Waals surface area contributed by atoms with Crippen molar-refractivity contribution in [2.24, 2.45) is 5.92 Å². The molecule has 0 saturated heterocycles. The number of aliphatic carboxylic acids is 1. The molecule has 0 bridgehead atoms. The molecule has 0 saturated carbocycles. The lowest BCUT2D eigenvalue weighted by molar-refractivity contribution is -0.143. The van der Waals surface area contributed by atoms with Crippen molar-refractivity contribution in [2.45, 2.75) is 38.5 Å². The van der Waals surface area contributed by atoms with E-state index in [4.69, 9.17) is 5.11 Å². The largest absolute Gasteiger partial charge is 0.480 e.